The minimum absolute atomic E-state index is 0.0136. The third-order valence-electron chi connectivity index (χ3n) is 4.35. The minimum Gasteiger partial charge on any atom is -0.349 e. The van der Waals surface area contributed by atoms with E-state index in [2.05, 4.69) is 42.3 Å². The summed E-state index contributed by atoms with van der Waals surface area (Å²) in [5, 5.41) is 4.17. The van der Waals surface area contributed by atoms with Gasteiger partial charge in [0, 0.05) is 11.6 Å². The Morgan fingerprint density at radius 2 is 1.92 bits per heavy atom. The Kier molecular flexibility index (Phi) is 4.61. The summed E-state index contributed by atoms with van der Waals surface area (Å²) in [4.78, 5) is 16.9. The third-order valence-corrected chi connectivity index (χ3v) is 4.35. The fourth-order valence-corrected chi connectivity index (χ4v) is 3.08. The number of hydrogen-bond donors (Lipinski definition) is 1. The van der Waals surface area contributed by atoms with Gasteiger partial charge in [-0.2, -0.15) is 0 Å². The molecule has 0 bridgehead atoms. The largest absolute Gasteiger partial charge is 0.349 e. The van der Waals surface area contributed by atoms with E-state index in [1.165, 1.54) is 16.7 Å². The summed E-state index contributed by atoms with van der Waals surface area (Å²) in [7, 11) is 0. The molecule has 24 heavy (non-hydrogen) atoms. The van der Waals surface area contributed by atoms with Crippen molar-refractivity contribution in [2.75, 3.05) is 0 Å². The lowest BCUT2D eigenvalue weighted by atomic mass is 9.99. The Bertz CT molecular complexity index is 881. The van der Waals surface area contributed by atoms with Crippen LogP contribution in [0.5, 0.6) is 0 Å². The molecule has 0 aliphatic rings. The molecule has 0 saturated heterocycles. The summed E-state index contributed by atoms with van der Waals surface area (Å²) < 4.78 is 0. The monoisotopic (exact) mass is 318 g/mol. The average Bonchev–Trinajstić information content (AvgIpc) is 2.57. The first-order chi connectivity index (χ1) is 11.5. The van der Waals surface area contributed by atoms with Crippen LogP contribution >= 0.6 is 0 Å². The first-order valence-corrected chi connectivity index (χ1v) is 8.24. The average molecular weight is 318 g/mol. The zero-order valence-electron chi connectivity index (χ0n) is 14.3. The summed E-state index contributed by atoms with van der Waals surface area (Å²) in [6, 6.07) is 16.2. The molecule has 2 aromatic carbocycles. The van der Waals surface area contributed by atoms with Crippen LogP contribution < -0.4 is 5.32 Å². The molecule has 3 heteroatoms. The van der Waals surface area contributed by atoms with Crippen LogP contribution in [-0.2, 0) is 11.2 Å². The number of pyridine rings is 1. The van der Waals surface area contributed by atoms with E-state index in [1.54, 1.807) is 6.20 Å². The summed E-state index contributed by atoms with van der Waals surface area (Å²) in [6.07, 6.45) is 2.10. The van der Waals surface area contributed by atoms with Gasteiger partial charge in [-0.05, 0) is 43.5 Å². The lowest BCUT2D eigenvalue weighted by Gasteiger charge is -2.17. The van der Waals surface area contributed by atoms with E-state index in [0.29, 0.717) is 6.42 Å². The van der Waals surface area contributed by atoms with E-state index >= 15 is 0 Å². The predicted molar refractivity (Wildman–Crippen MR) is 97.9 cm³/mol. The van der Waals surface area contributed by atoms with Crippen molar-refractivity contribution in [2.24, 2.45) is 0 Å². The maximum atomic E-state index is 12.5. The highest BCUT2D eigenvalue weighted by Gasteiger charge is 2.13. The van der Waals surface area contributed by atoms with E-state index < -0.39 is 0 Å². The molecule has 0 saturated carbocycles. The van der Waals surface area contributed by atoms with Crippen molar-refractivity contribution in [3.05, 3.63) is 77.0 Å². The molecule has 122 valence electrons. The van der Waals surface area contributed by atoms with E-state index in [4.69, 9.17) is 0 Å². The highest BCUT2D eigenvalue weighted by Crippen LogP contribution is 2.20. The molecule has 0 aliphatic carbocycles. The summed E-state index contributed by atoms with van der Waals surface area (Å²) in [5.74, 6) is 0.0153. The van der Waals surface area contributed by atoms with E-state index in [9.17, 15) is 4.79 Å². The molecule has 0 radical (unpaired) electrons. The molecule has 0 fully saturated rings. The predicted octanol–water partition coefficient (Wildman–Crippen LogP) is 4.27. The lowest BCUT2D eigenvalue weighted by molar-refractivity contribution is -0.121. The number of benzene rings is 2. The second-order valence-corrected chi connectivity index (χ2v) is 6.32. The summed E-state index contributed by atoms with van der Waals surface area (Å²) >= 11 is 0. The fraction of sp³-hybridized carbons (Fsp3) is 0.238. The summed E-state index contributed by atoms with van der Waals surface area (Å²) in [5.41, 5.74) is 5.42. The van der Waals surface area contributed by atoms with E-state index in [-0.39, 0.29) is 11.9 Å². The number of nitrogens with zero attached hydrogens (tertiary/aromatic N) is 1. The van der Waals surface area contributed by atoms with Gasteiger partial charge in [0.1, 0.15) is 0 Å². The number of carbonyl (C=O) groups is 1. The van der Waals surface area contributed by atoms with Gasteiger partial charge in [-0.15, -0.1) is 0 Å². The fourth-order valence-electron chi connectivity index (χ4n) is 3.08. The Balaban J connectivity index is 1.76. The van der Waals surface area contributed by atoms with Crippen molar-refractivity contribution < 1.29 is 4.79 Å². The van der Waals surface area contributed by atoms with Gasteiger partial charge >= 0.3 is 0 Å². The third kappa shape index (κ3) is 3.46. The van der Waals surface area contributed by atoms with Crippen LogP contribution in [0.25, 0.3) is 10.9 Å². The normalized spacial score (nSPS) is 12.1. The number of hydrogen-bond acceptors (Lipinski definition) is 2. The van der Waals surface area contributed by atoms with Crippen molar-refractivity contribution in [3.63, 3.8) is 0 Å². The number of rotatable bonds is 4. The molecule has 0 spiro atoms. The first kappa shape index (κ1) is 16.2. The number of carbonyl (C=O) groups excluding carboxylic acids is 1. The molecule has 3 rings (SSSR count). The van der Waals surface area contributed by atoms with Gasteiger partial charge in [0.25, 0.3) is 0 Å². The van der Waals surface area contributed by atoms with Crippen LogP contribution in [0.15, 0.2) is 54.7 Å². The SMILES string of the molecule is Cc1ccc(C)c(C(C)NC(=O)Cc2cccc3cccnc23)c1. The van der Waals surface area contributed by atoms with Gasteiger partial charge in [-0.1, -0.05) is 48.0 Å². The second kappa shape index (κ2) is 6.83. The van der Waals surface area contributed by atoms with Crippen molar-refractivity contribution >= 4 is 16.8 Å². The molecule has 1 N–H and O–H groups in total. The van der Waals surface area contributed by atoms with Gasteiger partial charge in [-0.25, -0.2) is 0 Å². The van der Waals surface area contributed by atoms with E-state index in [0.717, 1.165) is 16.5 Å². The Hall–Kier alpha value is -2.68. The standard InChI is InChI=1S/C21H22N2O/c1-14-9-10-15(2)19(12-14)16(3)23-20(24)13-18-7-4-6-17-8-5-11-22-21(17)18/h4-12,16H,13H2,1-3H3,(H,23,24). The van der Waals surface area contributed by atoms with Crippen molar-refractivity contribution in [1.29, 1.82) is 0 Å². The number of nitrogens with one attached hydrogen (secondary N) is 1. The van der Waals surface area contributed by atoms with Crippen LogP contribution in [0, 0.1) is 13.8 Å². The highest BCUT2D eigenvalue weighted by atomic mass is 16.1. The molecule has 1 amide bonds. The highest BCUT2D eigenvalue weighted by molar-refractivity contribution is 5.87. The Labute approximate surface area is 142 Å². The maximum Gasteiger partial charge on any atom is 0.224 e. The zero-order valence-corrected chi connectivity index (χ0v) is 14.3. The number of aromatic nitrogens is 1. The van der Waals surface area contributed by atoms with Gasteiger partial charge in [0.15, 0.2) is 0 Å². The van der Waals surface area contributed by atoms with Gasteiger partial charge in [0.05, 0.1) is 18.0 Å². The zero-order chi connectivity index (χ0) is 17.1. The van der Waals surface area contributed by atoms with Crippen molar-refractivity contribution in [3.8, 4) is 0 Å². The van der Waals surface area contributed by atoms with Gasteiger partial charge < -0.3 is 5.32 Å². The Morgan fingerprint density at radius 1 is 1.12 bits per heavy atom. The van der Waals surface area contributed by atoms with Crippen LogP contribution in [0.3, 0.4) is 0 Å². The van der Waals surface area contributed by atoms with Crippen LogP contribution in [0.4, 0.5) is 0 Å². The van der Waals surface area contributed by atoms with E-state index in [1.807, 2.05) is 37.3 Å². The molecule has 1 atom stereocenters. The smallest absolute Gasteiger partial charge is 0.224 e. The van der Waals surface area contributed by atoms with Gasteiger partial charge in [0.2, 0.25) is 5.91 Å². The molecule has 1 heterocycles. The molecule has 1 unspecified atom stereocenters. The first-order valence-electron chi connectivity index (χ1n) is 8.24. The van der Waals surface area contributed by atoms with Crippen LogP contribution in [0.1, 0.15) is 35.2 Å². The molecular weight excluding hydrogens is 296 g/mol. The second-order valence-electron chi connectivity index (χ2n) is 6.32. The molecule has 0 aliphatic heterocycles. The van der Waals surface area contributed by atoms with Crippen molar-refractivity contribution in [2.45, 2.75) is 33.2 Å². The number of aryl methyl sites for hydroxylation is 2. The number of fused-ring (bicyclic) bond motifs is 1. The Morgan fingerprint density at radius 3 is 2.75 bits per heavy atom. The molecule has 3 nitrogen and oxygen atoms in total. The molecular formula is C21H22N2O. The van der Waals surface area contributed by atoms with Crippen LogP contribution in [-0.4, -0.2) is 10.9 Å². The number of amides is 1. The molecule has 1 aromatic heterocycles. The molecule has 3 aromatic rings. The lowest BCUT2D eigenvalue weighted by Crippen LogP contribution is -2.28. The minimum atomic E-state index is -0.0136. The topological polar surface area (TPSA) is 42.0 Å². The van der Waals surface area contributed by atoms with Crippen molar-refractivity contribution in [1.82, 2.24) is 10.3 Å². The summed E-state index contributed by atoms with van der Waals surface area (Å²) in [6.45, 7) is 6.17. The quantitative estimate of drug-likeness (QED) is 0.780. The maximum absolute atomic E-state index is 12.5. The van der Waals surface area contributed by atoms with Gasteiger partial charge in [-0.3, -0.25) is 9.78 Å². The number of para-hydroxylation sites is 1. The van der Waals surface area contributed by atoms with Crippen LogP contribution in [0.2, 0.25) is 0 Å².